The van der Waals surface area contributed by atoms with Crippen LogP contribution in [0.3, 0.4) is 0 Å². The lowest BCUT2D eigenvalue weighted by molar-refractivity contribution is 0.0601. The van der Waals surface area contributed by atoms with Crippen LogP contribution in [-0.2, 0) is 14.8 Å². The van der Waals surface area contributed by atoms with Gasteiger partial charge in [-0.15, -0.1) is 0 Å². The van der Waals surface area contributed by atoms with Crippen LogP contribution in [0.25, 0.3) is 0 Å². The highest BCUT2D eigenvalue weighted by Gasteiger charge is 2.18. The predicted molar refractivity (Wildman–Crippen MR) is 101 cm³/mol. The van der Waals surface area contributed by atoms with E-state index in [-0.39, 0.29) is 4.90 Å². The predicted octanol–water partition coefficient (Wildman–Crippen LogP) is 4.32. The second-order valence-corrected chi connectivity index (χ2v) is 8.26. The van der Waals surface area contributed by atoms with Crippen molar-refractivity contribution in [2.75, 3.05) is 11.8 Å². The van der Waals surface area contributed by atoms with E-state index in [2.05, 4.69) is 9.46 Å². The molecule has 26 heavy (non-hydrogen) atoms. The monoisotopic (exact) mass is 373 g/mol. The summed E-state index contributed by atoms with van der Waals surface area (Å²) >= 11 is 0. The summed E-state index contributed by atoms with van der Waals surface area (Å²) in [6.07, 6.45) is 6.14. The number of rotatable bonds is 5. The Bertz CT molecular complexity index is 852. The third kappa shape index (κ3) is 4.25. The zero-order chi connectivity index (χ0) is 18.6. The van der Waals surface area contributed by atoms with Crippen LogP contribution < -0.4 is 4.72 Å². The topological polar surface area (TPSA) is 72.5 Å². The van der Waals surface area contributed by atoms with Crippen LogP contribution in [0.15, 0.2) is 53.4 Å². The molecule has 0 amide bonds. The Kier molecular flexibility index (Phi) is 5.61. The van der Waals surface area contributed by atoms with Crippen molar-refractivity contribution >= 4 is 21.7 Å². The van der Waals surface area contributed by atoms with Gasteiger partial charge in [-0.05, 0) is 60.7 Å². The van der Waals surface area contributed by atoms with Gasteiger partial charge in [0.2, 0.25) is 0 Å². The van der Waals surface area contributed by atoms with Crippen LogP contribution in [0, 0.1) is 0 Å². The lowest BCUT2D eigenvalue weighted by Crippen LogP contribution is -2.13. The minimum absolute atomic E-state index is 0.231. The molecule has 2 aromatic rings. The molecule has 0 unspecified atom stereocenters. The molecule has 5 nitrogen and oxygen atoms in total. The number of carbonyl (C=O) groups excluding carboxylic acids is 1. The second-order valence-electron chi connectivity index (χ2n) is 6.58. The van der Waals surface area contributed by atoms with E-state index in [0.717, 1.165) is 0 Å². The number of nitrogens with one attached hydrogen (secondary N) is 1. The maximum absolute atomic E-state index is 12.6. The van der Waals surface area contributed by atoms with E-state index < -0.39 is 16.0 Å². The molecule has 138 valence electrons. The van der Waals surface area contributed by atoms with Crippen molar-refractivity contribution < 1.29 is 17.9 Å². The van der Waals surface area contributed by atoms with Crippen LogP contribution in [0.1, 0.15) is 53.9 Å². The lowest BCUT2D eigenvalue weighted by atomic mass is 9.84. The van der Waals surface area contributed by atoms with Crippen molar-refractivity contribution in [2.45, 2.75) is 42.9 Å². The van der Waals surface area contributed by atoms with Gasteiger partial charge in [0, 0.05) is 5.69 Å². The average molecular weight is 373 g/mol. The highest BCUT2D eigenvalue weighted by molar-refractivity contribution is 7.92. The van der Waals surface area contributed by atoms with E-state index >= 15 is 0 Å². The Hall–Kier alpha value is -2.34. The second kappa shape index (κ2) is 7.91. The average Bonchev–Trinajstić information content (AvgIpc) is 2.68. The Balaban J connectivity index is 1.72. The summed E-state index contributed by atoms with van der Waals surface area (Å²) in [7, 11) is -2.36. The molecule has 0 spiro atoms. The van der Waals surface area contributed by atoms with E-state index in [4.69, 9.17) is 0 Å². The van der Waals surface area contributed by atoms with Crippen LogP contribution in [-0.4, -0.2) is 21.5 Å². The van der Waals surface area contributed by atoms with Gasteiger partial charge in [-0.25, -0.2) is 13.2 Å². The normalized spacial score (nSPS) is 15.4. The van der Waals surface area contributed by atoms with E-state index in [1.54, 1.807) is 24.3 Å². The van der Waals surface area contributed by atoms with E-state index in [9.17, 15) is 13.2 Å². The number of carbonyl (C=O) groups is 1. The minimum Gasteiger partial charge on any atom is -0.465 e. The van der Waals surface area contributed by atoms with Gasteiger partial charge in [0.25, 0.3) is 10.0 Å². The van der Waals surface area contributed by atoms with E-state index in [0.29, 0.717) is 17.2 Å². The van der Waals surface area contributed by atoms with Crippen molar-refractivity contribution in [1.29, 1.82) is 0 Å². The summed E-state index contributed by atoms with van der Waals surface area (Å²) in [4.78, 5) is 11.7. The smallest absolute Gasteiger partial charge is 0.337 e. The van der Waals surface area contributed by atoms with Gasteiger partial charge in [0.1, 0.15) is 0 Å². The Morgan fingerprint density at radius 1 is 0.962 bits per heavy atom. The Morgan fingerprint density at radius 2 is 1.58 bits per heavy atom. The van der Waals surface area contributed by atoms with Crippen molar-refractivity contribution in [3.63, 3.8) is 0 Å². The number of benzene rings is 2. The van der Waals surface area contributed by atoms with Crippen LogP contribution in [0.2, 0.25) is 0 Å². The molecule has 0 heterocycles. The van der Waals surface area contributed by atoms with Gasteiger partial charge in [-0.1, -0.05) is 31.4 Å². The maximum atomic E-state index is 12.6. The van der Waals surface area contributed by atoms with Gasteiger partial charge >= 0.3 is 5.97 Å². The third-order valence-electron chi connectivity index (χ3n) is 4.83. The number of ether oxygens (including phenoxy) is 1. The molecule has 1 N–H and O–H groups in total. The molecule has 0 bridgehead atoms. The SMILES string of the molecule is COC(=O)c1ccc(NS(=O)(=O)c2ccc(C3CCCCC3)cc2)cc1. The maximum Gasteiger partial charge on any atom is 0.337 e. The first-order valence-electron chi connectivity index (χ1n) is 8.81. The van der Waals surface area contributed by atoms with Gasteiger partial charge < -0.3 is 4.74 Å². The number of sulfonamides is 1. The standard InChI is InChI=1S/C20H23NO4S/c1-25-20(22)17-7-11-18(12-8-17)21-26(23,24)19-13-9-16(10-14-19)15-5-3-2-4-6-15/h7-15,21H,2-6H2,1H3. The molecular formula is C20H23NO4S. The fraction of sp³-hybridized carbons (Fsp3) is 0.350. The van der Waals surface area contributed by atoms with Crippen molar-refractivity contribution in [2.24, 2.45) is 0 Å². The first-order chi connectivity index (χ1) is 12.5. The Morgan fingerprint density at radius 3 is 2.15 bits per heavy atom. The zero-order valence-corrected chi connectivity index (χ0v) is 15.6. The van der Waals surface area contributed by atoms with Gasteiger partial charge in [-0.3, -0.25) is 4.72 Å². The van der Waals surface area contributed by atoms with E-state index in [1.807, 2.05) is 12.1 Å². The summed E-state index contributed by atoms with van der Waals surface area (Å²) in [6, 6.07) is 13.3. The van der Waals surface area contributed by atoms with Crippen LogP contribution in [0.5, 0.6) is 0 Å². The summed E-state index contributed by atoms with van der Waals surface area (Å²) < 4.78 is 32.3. The molecule has 2 aromatic carbocycles. The first-order valence-corrected chi connectivity index (χ1v) is 10.3. The van der Waals surface area contributed by atoms with Crippen LogP contribution in [0.4, 0.5) is 5.69 Å². The van der Waals surface area contributed by atoms with Crippen LogP contribution >= 0.6 is 0 Å². The van der Waals surface area contributed by atoms with Gasteiger partial charge in [-0.2, -0.15) is 0 Å². The summed E-state index contributed by atoms with van der Waals surface area (Å²) in [6.45, 7) is 0. The summed E-state index contributed by atoms with van der Waals surface area (Å²) in [5.74, 6) is 0.0806. The fourth-order valence-electron chi connectivity index (χ4n) is 3.36. The van der Waals surface area contributed by atoms with Crippen molar-refractivity contribution in [3.05, 3.63) is 59.7 Å². The Labute approximate surface area is 154 Å². The molecule has 1 fully saturated rings. The molecule has 0 radical (unpaired) electrons. The molecule has 1 saturated carbocycles. The summed E-state index contributed by atoms with van der Waals surface area (Å²) in [5.41, 5.74) is 1.98. The molecule has 3 rings (SSSR count). The molecule has 1 aliphatic rings. The van der Waals surface area contributed by atoms with Gasteiger partial charge in [0.05, 0.1) is 17.6 Å². The number of hydrogen-bond donors (Lipinski definition) is 1. The molecular weight excluding hydrogens is 350 g/mol. The molecule has 0 saturated heterocycles. The number of hydrogen-bond acceptors (Lipinski definition) is 4. The molecule has 0 atom stereocenters. The number of methoxy groups -OCH3 is 1. The van der Waals surface area contributed by atoms with E-state index in [1.165, 1.54) is 56.9 Å². The third-order valence-corrected chi connectivity index (χ3v) is 6.22. The highest BCUT2D eigenvalue weighted by atomic mass is 32.2. The lowest BCUT2D eigenvalue weighted by Gasteiger charge is -2.22. The zero-order valence-electron chi connectivity index (χ0n) is 14.8. The summed E-state index contributed by atoms with van der Waals surface area (Å²) in [5, 5.41) is 0. The molecule has 1 aliphatic carbocycles. The first kappa shape index (κ1) is 18.5. The molecule has 0 aromatic heterocycles. The van der Waals surface area contributed by atoms with Crippen molar-refractivity contribution in [1.82, 2.24) is 0 Å². The minimum atomic E-state index is -3.67. The quantitative estimate of drug-likeness (QED) is 0.792. The number of anilines is 1. The number of esters is 1. The fourth-order valence-corrected chi connectivity index (χ4v) is 4.42. The van der Waals surface area contributed by atoms with Crippen molar-refractivity contribution in [3.8, 4) is 0 Å². The largest absolute Gasteiger partial charge is 0.465 e. The molecule has 6 heteroatoms. The highest BCUT2D eigenvalue weighted by Crippen LogP contribution is 2.33. The van der Waals surface area contributed by atoms with Gasteiger partial charge in [0.15, 0.2) is 0 Å². The molecule has 0 aliphatic heterocycles.